The molecule has 0 aromatic heterocycles. The quantitative estimate of drug-likeness (QED) is 0.473. The van der Waals surface area contributed by atoms with E-state index in [1.807, 2.05) is 36.4 Å². The highest BCUT2D eigenvalue weighted by molar-refractivity contribution is 8.22. The maximum atomic E-state index is 10.8. The summed E-state index contributed by atoms with van der Waals surface area (Å²) in [5, 5.41) is 10.8. The normalized spacial score (nSPS) is 10.3. The molecule has 0 heterocycles. The third-order valence-electron chi connectivity index (χ3n) is 3.17. The van der Waals surface area contributed by atoms with Crippen LogP contribution in [0.5, 0.6) is 0 Å². The molecule has 0 amide bonds. The molecular formula is C18H19NO2S2. The van der Waals surface area contributed by atoms with E-state index < -0.39 is 0 Å². The Morgan fingerprint density at radius 3 is 1.70 bits per heavy atom. The molecule has 0 N–H and O–H groups in total. The third-order valence-corrected chi connectivity index (χ3v) is 5.47. The van der Waals surface area contributed by atoms with Gasteiger partial charge in [-0.05, 0) is 24.0 Å². The first-order chi connectivity index (χ1) is 11.2. The van der Waals surface area contributed by atoms with Crippen molar-refractivity contribution in [3.63, 3.8) is 0 Å². The standard InChI is InChI=1S/C18H19NO2S2/c20-19(21)15-18(22-13-11-16-7-3-1-4-8-16)23-14-12-17-9-5-2-6-10-17/h1-10,15H,11-14H2. The molecule has 23 heavy (non-hydrogen) atoms. The van der Waals surface area contributed by atoms with Crippen LogP contribution in [-0.2, 0) is 12.8 Å². The van der Waals surface area contributed by atoms with E-state index in [2.05, 4.69) is 24.3 Å². The topological polar surface area (TPSA) is 43.1 Å². The smallest absolute Gasteiger partial charge is 0.254 e. The van der Waals surface area contributed by atoms with Crippen molar-refractivity contribution in [3.8, 4) is 0 Å². The number of nitro groups is 1. The van der Waals surface area contributed by atoms with Crippen molar-refractivity contribution in [3.05, 3.63) is 92.3 Å². The second-order valence-corrected chi connectivity index (χ2v) is 7.43. The van der Waals surface area contributed by atoms with Crippen LogP contribution in [0, 0.1) is 10.1 Å². The fourth-order valence-corrected chi connectivity index (χ4v) is 4.26. The average Bonchev–Trinajstić information content (AvgIpc) is 2.56. The highest BCUT2D eigenvalue weighted by atomic mass is 32.2. The third kappa shape index (κ3) is 7.39. The summed E-state index contributed by atoms with van der Waals surface area (Å²) in [6.45, 7) is 0. The van der Waals surface area contributed by atoms with Gasteiger partial charge in [0.25, 0.3) is 6.20 Å². The van der Waals surface area contributed by atoms with Crippen LogP contribution in [0.1, 0.15) is 11.1 Å². The highest BCUT2D eigenvalue weighted by Crippen LogP contribution is 2.29. The Kier molecular flexibility index (Phi) is 7.77. The number of hydrogen-bond acceptors (Lipinski definition) is 4. The van der Waals surface area contributed by atoms with E-state index in [1.165, 1.54) is 11.1 Å². The SMILES string of the molecule is O=[N+]([O-])C=C(SCCc1ccccc1)SCCc1ccccc1. The van der Waals surface area contributed by atoms with E-state index in [0.29, 0.717) is 0 Å². The molecule has 2 rings (SSSR count). The summed E-state index contributed by atoms with van der Waals surface area (Å²) in [5.41, 5.74) is 2.52. The van der Waals surface area contributed by atoms with Gasteiger partial charge in [-0.15, -0.1) is 23.5 Å². The first-order valence-electron chi connectivity index (χ1n) is 7.43. The fourth-order valence-electron chi connectivity index (χ4n) is 2.03. The predicted octanol–water partition coefficient (Wildman–Crippen LogP) is 5.01. The monoisotopic (exact) mass is 345 g/mol. The number of nitrogens with zero attached hydrogens (tertiary/aromatic N) is 1. The Morgan fingerprint density at radius 1 is 0.870 bits per heavy atom. The van der Waals surface area contributed by atoms with Gasteiger partial charge in [0.2, 0.25) is 0 Å². The lowest BCUT2D eigenvalue weighted by Crippen LogP contribution is -1.93. The Hall–Kier alpha value is -1.72. The number of aryl methyl sites for hydroxylation is 2. The van der Waals surface area contributed by atoms with Gasteiger partial charge in [0.05, 0.1) is 4.92 Å². The summed E-state index contributed by atoms with van der Waals surface area (Å²) in [5.74, 6) is 1.70. The molecule has 0 aliphatic rings. The molecule has 0 aliphatic heterocycles. The van der Waals surface area contributed by atoms with E-state index >= 15 is 0 Å². The fraction of sp³-hybridized carbons (Fsp3) is 0.222. The van der Waals surface area contributed by atoms with Crippen LogP contribution < -0.4 is 0 Å². The lowest BCUT2D eigenvalue weighted by Gasteiger charge is -2.05. The van der Waals surface area contributed by atoms with Gasteiger partial charge in [-0.1, -0.05) is 60.7 Å². The summed E-state index contributed by atoms with van der Waals surface area (Å²) in [6, 6.07) is 20.4. The van der Waals surface area contributed by atoms with E-state index in [4.69, 9.17) is 0 Å². The van der Waals surface area contributed by atoms with Crippen LogP contribution in [0.25, 0.3) is 0 Å². The van der Waals surface area contributed by atoms with Gasteiger partial charge in [-0.2, -0.15) is 0 Å². The molecule has 5 heteroatoms. The molecule has 2 aromatic carbocycles. The van der Waals surface area contributed by atoms with E-state index in [1.54, 1.807) is 23.5 Å². The number of rotatable bonds is 9. The number of hydrogen-bond donors (Lipinski definition) is 0. The van der Waals surface area contributed by atoms with Crippen LogP contribution in [-0.4, -0.2) is 16.4 Å². The molecule has 0 unspecified atom stereocenters. The molecule has 0 aliphatic carbocycles. The van der Waals surface area contributed by atoms with Crippen molar-refractivity contribution < 1.29 is 4.92 Å². The van der Waals surface area contributed by atoms with Crippen molar-refractivity contribution in [2.75, 3.05) is 11.5 Å². The molecule has 2 aromatic rings. The molecule has 0 radical (unpaired) electrons. The lowest BCUT2D eigenvalue weighted by atomic mass is 10.2. The predicted molar refractivity (Wildman–Crippen MR) is 100 cm³/mol. The Balaban J connectivity index is 1.79. The Labute approximate surface area is 145 Å². The van der Waals surface area contributed by atoms with E-state index in [-0.39, 0.29) is 4.92 Å². The molecule has 0 bridgehead atoms. The second-order valence-electron chi connectivity index (χ2n) is 4.90. The Morgan fingerprint density at radius 2 is 1.30 bits per heavy atom. The molecule has 3 nitrogen and oxygen atoms in total. The first-order valence-corrected chi connectivity index (χ1v) is 9.40. The van der Waals surface area contributed by atoms with Crippen LogP contribution in [0.2, 0.25) is 0 Å². The van der Waals surface area contributed by atoms with Gasteiger partial charge < -0.3 is 0 Å². The molecule has 0 fully saturated rings. The van der Waals surface area contributed by atoms with E-state index in [0.717, 1.165) is 34.8 Å². The van der Waals surface area contributed by atoms with Gasteiger partial charge in [0.15, 0.2) is 0 Å². The second kappa shape index (κ2) is 10.1. The van der Waals surface area contributed by atoms with Crippen LogP contribution >= 0.6 is 23.5 Å². The van der Waals surface area contributed by atoms with Crippen LogP contribution in [0.15, 0.2) is 71.1 Å². The summed E-state index contributed by atoms with van der Waals surface area (Å²) < 4.78 is 0.780. The summed E-state index contributed by atoms with van der Waals surface area (Å²) in [6.07, 6.45) is 2.96. The molecule has 120 valence electrons. The Bertz CT molecular complexity index is 582. The lowest BCUT2D eigenvalue weighted by molar-refractivity contribution is -0.402. The van der Waals surface area contributed by atoms with Crippen LogP contribution in [0.3, 0.4) is 0 Å². The zero-order chi connectivity index (χ0) is 16.3. The molecule has 0 saturated heterocycles. The highest BCUT2D eigenvalue weighted by Gasteiger charge is 2.06. The van der Waals surface area contributed by atoms with Crippen molar-refractivity contribution in [1.82, 2.24) is 0 Å². The van der Waals surface area contributed by atoms with Crippen molar-refractivity contribution >= 4 is 23.5 Å². The van der Waals surface area contributed by atoms with Gasteiger partial charge in [0.1, 0.15) is 4.24 Å². The van der Waals surface area contributed by atoms with E-state index in [9.17, 15) is 10.1 Å². The van der Waals surface area contributed by atoms with Crippen molar-refractivity contribution in [2.24, 2.45) is 0 Å². The molecule has 0 spiro atoms. The minimum absolute atomic E-state index is 0.361. The van der Waals surface area contributed by atoms with Crippen molar-refractivity contribution in [2.45, 2.75) is 12.8 Å². The zero-order valence-electron chi connectivity index (χ0n) is 12.8. The summed E-state index contributed by atoms with van der Waals surface area (Å²) in [4.78, 5) is 10.4. The maximum absolute atomic E-state index is 10.8. The maximum Gasteiger partial charge on any atom is 0.254 e. The summed E-state index contributed by atoms with van der Waals surface area (Å²) >= 11 is 3.12. The largest absolute Gasteiger partial charge is 0.259 e. The molecule has 0 atom stereocenters. The minimum atomic E-state index is -0.361. The molecule has 0 saturated carbocycles. The first kappa shape index (κ1) is 17.6. The molecular weight excluding hydrogens is 326 g/mol. The number of benzene rings is 2. The van der Waals surface area contributed by atoms with Gasteiger partial charge in [0, 0.05) is 11.5 Å². The number of thioether (sulfide) groups is 2. The summed E-state index contributed by atoms with van der Waals surface area (Å²) in [7, 11) is 0. The average molecular weight is 345 g/mol. The minimum Gasteiger partial charge on any atom is -0.259 e. The van der Waals surface area contributed by atoms with Gasteiger partial charge in [-0.25, -0.2) is 0 Å². The van der Waals surface area contributed by atoms with Gasteiger partial charge in [-0.3, -0.25) is 10.1 Å². The van der Waals surface area contributed by atoms with Crippen molar-refractivity contribution in [1.29, 1.82) is 0 Å². The van der Waals surface area contributed by atoms with Crippen LogP contribution in [0.4, 0.5) is 0 Å². The van der Waals surface area contributed by atoms with Gasteiger partial charge >= 0.3 is 0 Å². The zero-order valence-corrected chi connectivity index (χ0v) is 14.4.